The predicted octanol–water partition coefficient (Wildman–Crippen LogP) is 1.10. The smallest absolute Gasteiger partial charge is 0.0748 e. The van der Waals surface area contributed by atoms with Crippen LogP contribution in [-0.4, -0.2) is 50.3 Å². The summed E-state index contributed by atoms with van der Waals surface area (Å²) >= 11 is 0. The predicted molar refractivity (Wildman–Crippen MR) is 59.6 cm³/mol. The van der Waals surface area contributed by atoms with E-state index >= 15 is 0 Å². The lowest BCUT2D eigenvalue weighted by Gasteiger charge is -2.29. The van der Waals surface area contributed by atoms with Crippen molar-refractivity contribution >= 4 is 0 Å². The van der Waals surface area contributed by atoms with Crippen molar-refractivity contribution in [3.05, 3.63) is 0 Å². The highest BCUT2D eigenvalue weighted by molar-refractivity contribution is 4.81. The molecular weight excluding hydrogens is 176 g/mol. The van der Waals surface area contributed by atoms with E-state index in [0.29, 0.717) is 0 Å². The fourth-order valence-electron chi connectivity index (χ4n) is 1.54. The third-order valence-electron chi connectivity index (χ3n) is 2.71. The quantitative estimate of drug-likeness (QED) is 0.666. The van der Waals surface area contributed by atoms with E-state index in [1.807, 2.05) is 0 Å². The molecule has 0 aromatic heterocycles. The highest BCUT2D eigenvalue weighted by Crippen LogP contribution is 2.18. The summed E-state index contributed by atoms with van der Waals surface area (Å²) in [6.45, 7) is 7.43. The van der Waals surface area contributed by atoms with E-state index < -0.39 is 0 Å². The molecule has 0 saturated heterocycles. The fourth-order valence-corrected chi connectivity index (χ4v) is 1.54. The summed E-state index contributed by atoms with van der Waals surface area (Å²) in [6, 6.07) is 0.818. The minimum absolute atomic E-state index is 0.0334. The monoisotopic (exact) mass is 200 g/mol. The molecule has 1 saturated carbocycles. The van der Waals surface area contributed by atoms with Gasteiger partial charge in [0.1, 0.15) is 0 Å². The number of hydrogen-bond acceptors (Lipinski definition) is 3. The van der Waals surface area contributed by atoms with Crippen molar-refractivity contribution in [2.75, 3.05) is 33.8 Å². The molecule has 0 bridgehead atoms. The number of nitrogens with zero attached hydrogens (tertiary/aromatic N) is 1. The first-order valence-corrected chi connectivity index (χ1v) is 5.50. The number of rotatable bonds is 7. The molecule has 0 aliphatic heterocycles. The van der Waals surface area contributed by atoms with Crippen LogP contribution in [-0.2, 0) is 4.74 Å². The Kier molecular flexibility index (Phi) is 4.35. The van der Waals surface area contributed by atoms with Crippen molar-refractivity contribution in [3.63, 3.8) is 0 Å². The maximum absolute atomic E-state index is 5.39. The van der Waals surface area contributed by atoms with Crippen LogP contribution in [0.2, 0.25) is 0 Å². The Morgan fingerprint density at radius 3 is 2.57 bits per heavy atom. The second kappa shape index (κ2) is 5.10. The van der Waals surface area contributed by atoms with Crippen molar-refractivity contribution in [3.8, 4) is 0 Å². The van der Waals surface area contributed by atoms with Crippen LogP contribution in [0.1, 0.15) is 26.7 Å². The molecule has 84 valence electrons. The summed E-state index contributed by atoms with van der Waals surface area (Å²) in [4.78, 5) is 2.32. The maximum atomic E-state index is 5.39. The fraction of sp³-hybridized carbons (Fsp3) is 1.00. The van der Waals surface area contributed by atoms with Gasteiger partial charge in [0.2, 0.25) is 0 Å². The number of likely N-dealkylation sites (N-methyl/N-ethyl adjacent to an activating group) is 1. The summed E-state index contributed by atoms with van der Waals surface area (Å²) in [5.74, 6) is 0. The number of methoxy groups -OCH3 is 1. The zero-order valence-corrected chi connectivity index (χ0v) is 9.97. The van der Waals surface area contributed by atoms with E-state index in [0.717, 1.165) is 25.7 Å². The van der Waals surface area contributed by atoms with Crippen molar-refractivity contribution in [2.24, 2.45) is 0 Å². The van der Waals surface area contributed by atoms with E-state index in [1.165, 1.54) is 12.8 Å². The van der Waals surface area contributed by atoms with Gasteiger partial charge in [-0.05, 0) is 33.7 Å². The van der Waals surface area contributed by atoms with Gasteiger partial charge < -0.3 is 15.0 Å². The molecule has 1 rings (SSSR count). The molecular formula is C11H24N2O. The Bertz CT molecular complexity index is 167. The topological polar surface area (TPSA) is 24.5 Å². The van der Waals surface area contributed by atoms with Gasteiger partial charge in [0.15, 0.2) is 0 Å². The van der Waals surface area contributed by atoms with Gasteiger partial charge in [-0.15, -0.1) is 0 Å². The van der Waals surface area contributed by atoms with E-state index in [-0.39, 0.29) is 5.60 Å². The molecule has 0 heterocycles. The highest BCUT2D eigenvalue weighted by atomic mass is 16.5. The van der Waals surface area contributed by atoms with E-state index in [9.17, 15) is 0 Å². The van der Waals surface area contributed by atoms with Crippen LogP contribution in [0.3, 0.4) is 0 Å². The van der Waals surface area contributed by atoms with Gasteiger partial charge >= 0.3 is 0 Å². The Labute approximate surface area is 87.8 Å². The van der Waals surface area contributed by atoms with Crippen molar-refractivity contribution in [1.82, 2.24) is 10.2 Å². The third-order valence-corrected chi connectivity index (χ3v) is 2.71. The van der Waals surface area contributed by atoms with Crippen LogP contribution < -0.4 is 5.32 Å². The molecule has 0 amide bonds. The number of ether oxygens (including phenoxy) is 1. The lowest BCUT2D eigenvalue weighted by molar-refractivity contribution is -0.00166. The number of nitrogens with one attached hydrogen (secondary N) is 1. The van der Waals surface area contributed by atoms with Gasteiger partial charge in [-0.2, -0.15) is 0 Å². The molecule has 0 aromatic carbocycles. The second-order valence-electron chi connectivity index (χ2n) is 4.93. The molecule has 14 heavy (non-hydrogen) atoms. The van der Waals surface area contributed by atoms with Crippen molar-refractivity contribution in [1.29, 1.82) is 0 Å². The largest absolute Gasteiger partial charge is 0.377 e. The minimum Gasteiger partial charge on any atom is -0.377 e. The van der Waals surface area contributed by atoms with Gasteiger partial charge in [-0.25, -0.2) is 0 Å². The summed E-state index contributed by atoms with van der Waals surface area (Å²) < 4.78 is 5.39. The first-order valence-electron chi connectivity index (χ1n) is 5.50. The van der Waals surface area contributed by atoms with Crippen LogP contribution in [0.25, 0.3) is 0 Å². The molecule has 1 aliphatic rings. The summed E-state index contributed by atoms with van der Waals surface area (Å²) in [5, 5.41) is 3.51. The summed E-state index contributed by atoms with van der Waals surface area (Å²) in [6.07, 6.45) is 2.74. The number of hydrogen-bond donors (Lipinski definition) is 1. The third kappa shape index (κ3) is 4.94. The lowest BCUT2D eigenvalue weighted by atomic mass is 10.1. The standard InChI is InChI=1S/C11H24N2O/c1-11(2,14-4)9-13(3)8-7-12-10-5-6-10/h10,12H,5-9H2,1-4H3. The molecule has 0 spiro atoms. The Morgan fingerprint density at radius 1 is 1.43 bits per heavy atom. The van der Waals surface area contributed by atoms with Crippen LogP contribution in [0, 0.1) is 0 Å². The zero-order valence-electron chi connectivity index (χ0n) is 9.97. The van der Waals surface area contributed by atoms with E-state index in [1.54, 1.807) is 7.11 Å². The Morgan fingerprint density at radius 2 is 2.07 bits per heavy atom. The zero-order chi connectivity index (χ0) is 10.6. The van der Waals surface area contributed by atoms with Crippen LogP contribution in [0.5, 0.6) is 0 Å². The van der Waals surface area contributed by atoms with Crippen LogP contribution >= 0.6 is 0 Å². The summed E-state index contributed by atoms with van der Waals surface area (Å²) in [5.41, 5.74) is -0.0334. The van der Waals surface area contributed by atoms with Gasteiger partial charge in [-0.1, -0.05) is 0 Å². The Balaban J connectivity index is 2.04. The molecule has 3 heteroatoms. The van der Waals surface area contributed by atoms with Crippen LogP contribution in [0.4, 0.5) is 0 Å². The minimum atomic E-state index is -0.0334. The van der Waals surface area contributed by atoms with Gasteiger partial charge in [-0.3, -0.25) is 0 Å². The second-order valence-corrected chi connectivity index (χ2v) is 4.93. The lowest BCUT2D eigenvalue weighted by Crippen LogP contribution is -2.40. The summed E-state index contributed by atoms with van der Waals surface area (Å²) in [7, 11) is 3.92. The van der Waals surface area contributed by atoms with Crippen molar-refractivity contribution in [2.45, 2.75) is 38.3 Å². The van der Waals surface area contributed by atoms with Gasteiger partial charge in [0.25, 0.3) is 0 Å². The molecule has 1 N–H and O–H groups in total. The SMILES string of the molecule is COC(C)(C)CN(C)CCNC1CC1. The van der Waals surface area contributed by atoms with Gasteiger partial charge in [0.05, 0.1) is 5.60 Å². The molecule has 0 unspecified atom stereocenters. The molecule has 0 aromatic rings. The van der Waals surface area contributed by atoms with Gasteiger partial charge in [0, 0.05) is 32.8 Å². The average Bonchev–Trinajstić information content (AvgIpc) is 2.87. The highest BCUT2D eigenvalue weighted by Gasteiger charge is 2.21. The van der Waals surface area contributed by atoms with E-state index in [4.69, 9.17) is 4.74 Å². The molecule has 0 atom stereocenters. The average molecular weight is 200 g/mol. The van der Waals surface area contributed by atoms with Crippen molar-refractivity contribution < 1.29 is 4.74 Å². The van der Waals surface area contributed by atoms with Crippen LogP contribution in [0.15, 0.2) is 0 Å². The first-order chi connectivity index (χ1) is 6.53. The molecule has 1 fully saturated rings. The molecule has 3 nitrogen and oxygen atoms in total. The first kappa shape index (κ1) is 12.0. The maximum Gasteiger partial charge on any atom is 0.0748 e. The normalized spacial score (nSPS) is 17.8. The molecule has 1 aliphatic carbocycles. The Hall–Kier alpha value is -0.120. The molecule has 0 radical (unpaired) electrons. The van der Waals surface area contributed by atoms with E-state index in [2.05, 4.69) is 31.1 Å².